The van der Waals surface area contributed by atoms with Crippen molar-refractivity contribution in [2.75, 3.05) is 6.54 Å². The van der Waals surface area contributed by atoms with Gasteiger partial charge in [0, 0.05) is 23.6 Å². The van der Waals surface area contributed by atoms with E-state index in [0.717, 1.165) is 11.1 Å². The third-order valence-corrected chi connectivity index (χ3v) is 4.18. The van der Waals surface area contributed by atoms with Crippen LogP contribution in [0.25, 0.3) is 11.3 Å². The second kappa shape index (κ2) is 11.5. The minimum absolute atomic E-state index is 0.0264. The second-order valence-electron chi connectivity index (χ2n) is 6.31. The number of aromatic amines is 1. The van der Waals surface area contributed by atoms with Crippen molar-refractivity contribution in [1.82, 2.24) is 15.5 Å². The highest BCUT2D eigenvalue weighted by Gasteiger charge is 2.18. The van der Waals surface area contributed by atoms with Crippen LogP contribution in [0, 0.1) is 5.82 Å². The molecule has 8 nitrogen and oxygen atoms in total. The van der Waals surface area contributed by atoms with Gasteiger partial charge in [0.15, 0.2) is 0 Å². The Kier molecular flexibility index (Phi) is 8.71. The quantitative estimate of drug-likeness (QED) is 0.442. The zero-order valence-electron chi connectivity index (χ0n) is 16.3. The number of halogens is 2. The number of carboxylic acids is 1. The Hall–Kier alpha value is -3.72. The Balaban J connectivity index is 0.000000412. The fraction of sp³-hybridized carbons (Fsp3) is 0.143. The van der Waals surface area contributed by atoms with Gasteiger partial charge >= 0.3 is 5.97 Å². The maximum atomic E-state index is 14.1. The normalized spacial score (nSPS) is 10.0. The molecule has 0 radical (unpaired) electrons. The lowest BCUT2D eigenvalue weighted by Crippen LogP contribution is -2.28. The predicted molar refractivity (Wildman–Crippen MR) is 113 cm³/mol. The molecule has 2 amide bonds. The van der Waals surface area contributed by atoms with Crippen molar-refractivity contribution in [3.8, 4) is 11.3 Å². The molecule has 162 valence electrons. The Bertz CT molecular complexity index is 1060. The number of carbonyl (C=O) groups excluding carboxylic acids is 2. The first kappa shape index (κ1) is 23.6. The largest absolute Gasteiger partial charge is 0.481 e. The van der Waals surface area contributed by atoms with Crippen LogP contribution in [0.5, 0.6) is 0 Å². The molecule has 5 N–H and O–H groups in total. The van der Waals surface area contributed by atoms with E-state index in [0.29, 0.717) is 5.56 Å². The smallest absolute Gasteiger partial charge is 0.307 e. The van der Waals surface area contributed by atoms with Crippen molar-refractivity contribution in [3.05, 3.63) is 76.7 Å². The van der Waals surface area contributed by atoms with Crippen LogP contribution < -0.4 is 11.1 Å². The summed E-state index contributed by atoms with van der Waals surface area (Å²) < 4.78 is 14.1. The van der Waals surface area contributed by atoms with Gasteiger partial charge in [-0.2, -0.15) is 5.10 Å². The van der Waals surface area contributed by atoms with Gasteiger partial charge in [-0.15, -0.1) is 0 Å². The average Bonchev–Trinajstić information content (AvgIpc) is 3.19. The molecule has 0 aliphatic heterocycles. The van der Waals surface area contributed by atoms with Gasteiger partial charge in [-0.05, 0) is 29.8 Å². The summed E-state index contributed by atoms with van der Waals surface area (Å²) >= 11 is 5.54. The van der Waals surface area contributed by atoms with E-state index in [1.807, 2.05) is 30.3 Å². The minimum Gasteiger partial charge on any atom is -0.481 e. The molecule has 0 aliphatic rings. The molecule has 0 unspecified atom stereocenters. The number of nitrogens with zero attached hydrogens (tertiary/aromatic N) is 1. The number of hydrogen-bond donors (Lipinski definition) is 4. The molecule has 3 rings (SSSR count). The van der Waals surface area contributed by atoms with E-state index >= 15 is 0 Å². The molecule has 1 aromatic heterocycles. The topological polar surface area (TPSA) is 138 Å². The van der Waals surface area contributed by atoms with E-state index in [-0.39, 0.29) is 36.2 Å². The van der Waals surface area contributed by atoms with Gasteiger partial charge in [0.05, 0.1) is 23.9 Å². The summed E-state index contributed by atoms with van der Waals surface area (Å²) in [5.74, 6) is -2.79. The average molecular weight is 447 g/mol. The van der Waals surface area contributed by atoms with Crippen molar-refractivity contribution >= 4 is 29.4 Å². The van der Waals surface area contributed by atoms with Crippen molar-refractivity contribution in [2.24, 2.45) is 5.73 Å². The van der Waals surface area contributed by atoms with E-state index in [2.05, 4.69) is 15.5 Å². The van der Waals surface area contributed by atoms with Gasteiger partial charge < -0.3 is 16.2 Å². The van der Waals surface area contributed by atoms with Crippen LogP contribution in [-0.2, 0) is 16.0 Å². The van der Waals surface area contributed by atoms with Gasteiger partial charge in [-0.3, -0.25) is 19.5 Å². The number of aliphatic carboxylic acids is 1. The van der Waals surface area contributed by atoms with Gasteiger partial charge in [0.2, 0.25) is 5.91 Å². The molecule has 0 saturated carbocycles. The lowest BCUT2D eigenvalue weighted by Gasteiger charge is -2.07. The number of nitrogens with two attached hydrogens (primary N) is 1. The molecule has 0 spiro atoms. The number of rotatable bonds is 7. The summed E-state index contributed by atoms with van der Waals surface area (Å²) in [5, 5.41) is 18.4. The van der Waals surface area contributed by atoms with E-state index in [4.69, 9.17) is 22.4 Å². The van der Waals surface area contributed by atoms with Crippen LogP contribution in [0.2, 0.25) is 5.02 Å². The third kappa shape index (κ3) is 7.56. The van der Waals surface area contributed by atoms with Crippen LogP contribution in [0.15, 0.2) is 54.7 Å². The van der Waals surface area contributed by atoms with Crippen molar-refractivity contribution in [2.45, 2.75) is 12.8 Å². The third-order valence-electron chi connectivity index (χ3n) is 3.93. The standard InChI is InChI=1S/C15H15FN4O4.C6H5Cl/c16-11-2-1-8(6-13(22)23)5-9(11)14-10(7-19-20-14)15(24)18-4-3-12(17)21;7-6-4-2-1-3-5-6/h1-2,5,7H,3-4,6H2,(H2,17,21)(H,18,24)(H,19,20)(H,22,23);1-5H. The van der Waals surface area contributed by atoms with E-state index < -0.39 is 23.6 Å². The molecule has 0 fully saturated rings. The van der Waals surface area contributed by atoms with Crippen molar-refractivity contribution in [1.29, 1.82) is 0 Å². The van der Waals surface area contributed by atoms with Crippen LogP contribution in [0.3, 0.4) is 0 Å². The number of primary amides is 1. The van der Waals surface area contributed by atoms with Gasteiger partial charge in [0.1, 0.15) is 5.82 Å². The summed E-state index contributed by atoms with van der Waals surface area (Å²) in [6.45, 7) is 0.0420. The number of H-pyrrole nitrogens is 1. The van der Waals surface area contributed by atoms with E-state index in [1.165, 1.54) is 18.3 Å². The van der Waals surface area contributed by atoms with E-state index in [9.17, 15) is 18.8 Å². The number of hydrogen-bond acceptors (Lipinski definition) is 4. The number of aromatic nitrogens is 2. The lowest BCUT2D eigenvalue weighted by molar-refractivity contribution is -0.136. The minimum atomic E-state index is -1.05. The van der Waals surface area contributed by atoms with Gasteiger partial charge in [-0.25, -0.2) is 4.39 Å². The van der Waals surface area contributed by atoms with Crippen LogP contribution >= 0.6 is 11.6 Å². The number of carbonyl (C=O) groups is 3. The highest BCUT2D eigenvalue weighted by Crippen LogP contribution is 2.25. The Morgan fingerprint density at radius 1 is 1.16 bits per heavy atom. The fourth-order valence-corrected chi connectivity index (χ4v) is 2.67. The maximum Gasteiger partial charge on any atom is 0.307 e. The number of nitrogens with one attached hydrogen (secondary N) is 2. The van der Waals surface area contributed by atoms with Crippen LogP contribution in [0.1, 0.15) is 22.3 Å². The SMILES string of the molecule is Clc1ccccc1.NC(=O)CCNC(=O)c1cn[nH]c1-c1cc(CC(=O)O)ccc1F. The molecule has 3 aromatic rings. The summed E-state index contributed by atoms with van der Waals surface area (Å²) in [6.07, 6.45) is 0.918. The van der Waals surface area contributed by atoms with Crippen LogP contribution in [0.4, 0.5) is 4.39 Å². The molecule has 0 saturated heterocycles. The second-order valence-corrected chi connectivity index (χ2v) is 6.75. The summed E-state index contributed by atoms with van der Waals surface area (Å²) in [4.78, 5) is 33.6. The predicted octanol–water partition coefficient (Wildman–Crippen LogP) is 2.79. The molecule has 1 heterocycles. The first-order valence-corrected chi connectivity index (χ1v) is 9.46. The molecule has 0 atom stereocenters. The monoisotopic (exact) mass is 446 g/mol. The first-order valence-electron chi connectivity index (χ1n) is 9.09. The fourth-order valence-electron chi connectivity index (χ4n) is 2.52. The van der Waals surface area contributed by atoms with Crippen molar-refractivity contribution in [3.63, 3.8) is 0 Å². The van der Waals surface area contributed by atoms with Crippen LogP contribution in [-0.4, -0.2) is 39.6 Å². The van der Waals surface area contributed by atoms with E-state index in [1.54, 1.807) is 0 Å². The number of carboxylic acid groups (broad SMARTS) is 1. The Morgan fingerprint density at radius 3 is 2.45 bits per heavy atom. The molecule has 31 heavy (non-hydrogen) atoms. The Morgan fingerprint density at radius 2 is 1.87 bits per heavy atom. The molecule has 0 aliphatic carbocycles. The van der Waals surface area contributed by atoms with Crippen molar-refractivity contribution < 1.29 is 23.9 Å². The highest BCUT2D eigenvalue weighted by molar-refractivity contribution is 6.30. The molecule has 0 bridgehead atoms. The lowest BCUT2D eigenvalue weighted by atomic mass is 10.0. The summed E-state index contributed by atoms with van der Waals surface area (Å²) in [5.41, 5.74) is 5.60. The number of benzene rings is 2. The molecule has 2 aromatic carbocycles. The summed E-state index contributed by atoms with van der Waals surface area (Å²) in [7, 11) is 0. The highest BCUT2D eigenvalue weighted by atomic mass is 35.5. The molecular weight excluding hydrogens is 427 g/mol. The zero-order valence-corrected chi connectivity index (χ0v) is 17.0. The summed E-state index contributed by atoms with van der Waals surface area (Å²) in [6, 6.07) is 13.3. The maximum absolute atomic E-state index is 14.1. The Labute approximate surface area is 182 Å². The molecular formula is C21H20ClFN4O4. The zero-order chi connectivity index (χ0) is 22.8. The van der Waals surface area contributed by atoms with Gasteiger partial charge in [0.25, 0.3) is 5.91 Å². The first-order chi connectivity index (χ1) is 14.8. The number of amides is 2. The molecule has 10 heteroatoms. The van der Waals surface area contributed by atoms with Gasteiger partial charge in [-0.1, -0.05) is 35.9 Å².